The molecule has 112 valence electrons. The normalized spacial score (nSPS) is 10.4. The van der Waals surface area contributed by atoms with Crippen molar-refractivity contribution in [2.24, 2.45) is 0 Å². The average Bonchev–Trinajstić information content (AvgIpc) is 2.87. The predicted octanol–water partition coefficient (Wildman–Crippen LogP) is 4.10. The molecule has 0 atom stereocenters. The number of benzene rings is 1. The standard InChI is InChI=1S/C17H22N2OS/c1-5-20-12-11-19-16(18(2)3)13-15(17(19)21-4)14-9-7-6-8-10-14/h5-10,13H,1,11-12H2,2-4H3. The van der Waals surface area contributed by atoms with E-state index >= 15 is 0 Å². The maximum atomic E-state index is 5.30. The summed E-state index contributed by atoms with van der Waals surface area (Å²) in [5.41, 5.74) is 2.51. The van der Waals surface area contributed by atoms with Crippen LogP contribution in [0.3, 0.4) is 0 Å². The fraction of sp³-hybridized carbons (Fsp3) is 0.294. The lowest BCUT2D eigenvalue weighted by Gasteiger charge is -2.17. The van der Waals surface area contributed by atoms with Gasteiger partial charge in [0.05, 0.1) is 17.8 Å². The summed E-state index contributed by atoms with van der Waals surface area (Å²) in [6, 6.07) is 12.7. The van der Waals surface area contributed by atoms with Crippen LogP contribution in [0.2, 0.25) is 0 Å². The number of ether oxygens (including phenoxy) is 1. The highest BCUT2D eigenvalue weighted by atomic mass is 32.2. The topological polar surface area (TPSA) is 17.4 Å². The molecule has 0 fully saturated rings. The highest BCUT2D eigenvalue weighted by molar-refractivity contribution is 7.98. The number of aromatic nitrogens is 1. The van der Waals surface area contributed by atoms with Gasteiger partial charge < -0.3 is 14.2 Å². The molecule has 0 radical (unpaired) electrons. The van der Waals surface area contributed by atoms with Crippen LogP contribution in [0.5, 0.6) is 0 Å². The lowest BCUT2D eigenvalue weighted by Crippen LogP contribution is -2.16. The van der Waals surface area contributed by atoms with Gasteiger partial charge in [-0.25, -0.2) is 0 Å². The van der Waals surface area contributed by atoms with E-state index < -0.39 is 0 Å². The van der Waals surface area contributed by atoms with Crippen molar-refractivity contribution in [3.05, 3.63) is 49.2 Å². The first-order chi connectivity index (χ1) is 10.2. The second-order valence-electron chi connectivity index (χ2n) is 4.88. The summed E-state index contributed by atoms with van der Waals surface area (Å²) in [5.74, 6) is 1.19. The Morgan fingerprint density at radius 3 is 2.57 bits per heavy atom. The summed E-state index contributed by atoms with van der Waals surface area (Å²) in [6.07, 6.45) is 3.61. The van der Waals surface area contributed by atoms with E-state index in [-0.39, 0.29) is 0 Å². The molecule has 0 unspecified atom stereocenters. The predicted molar refractivity (Wildman–Crippen MR) is 92.1 cm³/mol. The van der Waals surface area contributed by atoms with Crippen molar-refractivity contribution in [1.29, 1.82) is 0 Å². The van der Waals surface area contributed by atoms with Gasteiger partial charge in [-0.2, -0.15) is 0 Å². The van der Waals surface area contributed by atoms with Crippen molar-refractivity contribution in [2.75, 3.05) is 31.9 Å². The van der Waals surface area contributed by atoms with Crippen LogP contribution in [-0.4, -0.2) is 31.5 Å². The van der Waals surface area contributed by atoms with Crippen molar-refractivity contribution < 1.29 is 4.74 Å². The number of hydrogen-bond donors (Lipinski definition) is 0. The molecule has 0 spiro atoms. The van der Waals surface area contributed by atoms with Crippen molar-refractivity contribution in [2.45, 2.75) is 11.6 Å². The molecule has 0 aliphatic heterocycles. The van der Waals surface area contributed by atoms with E-state index in [0.717, 1.165) is 6.54 Å². The van der Waals surface area contributed by atoms with Crippen LogP contribution in [0, 0.1) is 0 Å². The van der Waals surface area contributed by atoms with E-state index in [1.807, 2.05) is 6.07 Å². The molecular weight excluding hydrogens is 280 g/mol. The van der Waals surface area contributed by atoms with Crippen LogP contribution in [0.1, 0.15) is 0 Å². The van der Waals surface area contributed by atoms with Crippen molar-refractivity contribution in [3.8, 4) is 11.1 Å². The summed E-state index contributed by atoms with van der Waals surface area (Å²) in [6.45, 7) is 5.03. The molecule has 0 amide bonds. The molecule has 0 saturated carbocycles. The SMILES string of the molecule is C=COCCn1c(N(C)C)cc(-c2ccccc2)c1SC. The van der Waals surface area contributed by atoms with E-state index in [1.54, 1.807) is 11.8 Å². The average molecular weight is 302 g/mol. The molecule has 2 aromatic rings. The number of nitrogens with zero attached hydrogens (tertiary/aromatic N) is 2. The van der Waals surface area contributed by atoms with Crippen molar-refractivity contribution in [1.82, 2.24) is 4.57 Å². The zero-order valence-corrected chi connectivity index (χ0v) is 13.7. The fourth-order valence-electron chi connectivity index (χ4n) is 2.38. The van der Waals surface area contributed by atoms with Crippen molar-refractivity contribution >= 4 is 17.6 Å². The monoisotopic (exact) mass is 302 g/mol. The minimum atomic E-state index is 0.626. The Morgan fingerprint density at radius 2 is 2.00 bits per heavy atom. The van der Waals surface area contributed by atoms with Crippen LogP contribution >= 0.6 is 11.8 Å². The first kappa shape index (κ1) is 15.6. The Labute approximate surface area is 131 Å². The van der Waals surface area contributed by atoms with E-state index in [1.165, 1.54) is 28.2 Å². The summed E-state index contributed by atoms with van der Waals surface area (Å²) in [5, 5.41) is 1.26. The van der Waals surface area contributed by atoms with Crippen LogP contribution in [0.25, 0.3) is 11.1 Å². The minimum Gasteiger partial charge on any atom is -0.500 e. The third-order valence-electron chi connectivity index (χ3n) is 3.31. The smallest absolute Gasteiger partial charge is 0.109 e. The summed E-state index contributed by atoms with van der Waals surface area (Å²) in [7, 11) is 4.14. The van der Waals surface area contributed by atoms with Gasteiger partial charge >= 0.3 is 0 Å². The number of hydrogen-bond acceptors (Lipinski definition) is 3. The lowest BCUT2D eigenvalue weighted by atomic mass is 10.1. The zero-order chi connectivity index (χ0) is 15.2. The van der Waals surface area contributed by atoms with Gasteiger partial charge in [-0.05, 0) is 17.9 Å². The molecule has 4 heteroatoms. The van der Waals surface area contributed by atoms with Gasteiger partial charge in [0.1, 0.15) is 12.4 Å². The molecule has 0 bridgehead atoms. The molecule has 0 aliphatic carbocycles. The Bertz CT molecular complexity index is 590. The molecular formula is C17H22N2OS. The molecule has 1 aromatic carbocycles. The van der Waals surface area contributed by atoms with Crippen LogP contribution < -0.4 is 4.90 Å². The van der Waals surface area contributed by atoms with Crippen molar-refractivity contribution in [3.63, 3.8) is 0 Å². The second kappa shape index (κ2) is 7.27. The van der Waals surface area contributed by atoms with Gasteiger partial charge in [-0.1, -0.05) is 36.9 Å². The van der Waals surface area contributed by atoms with Gasteiger partial charge in [0.2, 0.25) is 0 Å². The molecule has 21 heavy (non-hydrogen) atoms. The zero-order valence-electron chi connectivity index (χ0n) is 12.9. The third kappa shape index (κ3) is 3.45. The van der Waals surface area contributed by atoms with Gasteiger partial charge in [0, 0.05) is 19.7 Å². The van der Waals surface area contributed by atoms with E-state index in [0.29, 0.717) is 6.61 Å². The summed E-state index contributed by atoms with van der Waals surface area (Å²) < 4.78 is 7.60. The highest BCUT2D eigenvalue weighted by Crippen LogP contribution is 2.36. The highest BCUT2D eigenvalue weighted by Gasteiger charge is 2.16. The fourth-order valence-corrected chi connectivity index (χ4v) is 3.18. The maximum Gasteiger partial charge on any atom is 0.109 e. The van der Waals surface area contributed by atoms with Crippen LogP contribution in [-0.2, 0) is 11.3 Å². The summed E-state index contributed by atoms with van der Waals surface area (Å²) >= 11 is 1.77. The third-order valence-corrected chi connectivity index (χ3v) is 4.14. The Hall–Kier alpha value is -1.81. The van der Waals surface area contributed by atoms with Gasteiger partial charge in [-0.15, -0.1) is 11.8 Å². The van der Waals surface area contributed by atoms with Crippen LogP contribution in [0.15, 0.2) is 54.3 Å². The Balaban J connectivity index is 2.46. The van der Waals surface area contributed by atoms with E-state index in [9.17, 15) is 0 Å². The molecule has 1 aromatic heterocycles. The molecule has 0 saturated heterocycles. The number of thioether (sulfide) groups is 1. The van der Waals surface area contributed by atoms with Gasteiger partial charge in [0.25, 0.3) is 0 Å². The molecule has 0 aliphatic rings. The first-order valence-electron chi connectivity index (χ1n) is 6.91. The maximum absolute atomic E-state index is 5.30. The number of anilines is 1. The summed E-state index contributed by atoms with van der Waals surface area (Å²) in [4.78, 5) is 2.14. The Morgan fingerprint density at radius 1 is 1.29 bits per heavy atom. The lowest BCUT2D eigenvalue weighted by molar-refractivity contribution is 0.234. The van der Waals surface area contributed by atoms with E-state index in [4.69, 9.17) is 4.74 Å². The Kier molecular flexibility index (Phi) is 5.39. The van der Waals surface area contributed by atoms with E-state index in [2.05, 4.69) is 66.7 Å². The molecule has 3 nitrogen and oxygen atoms in total. The first-order valence-corrected chi connectivity index (χ1v) is 8.14. The molecule has 0 N–H and O–H groups in total. The molecule has 2 rings (SSSR count). The number of rotatable bonds is 7. The second-order valence-corrected chi connectivity index (χ2v) is 5.67. The largest absolute Gasteiger partial charge is 0.500 e. The minimum absolute atomic E-state index is 0.626. The van der Waals surface area contributed by atoms with Crippen LogP contribution in [0.4, 0.5) is 5.82 Å². The van der Waals surface area contributed by atoms with Gasteiger partial charge in [-0.3, -0.25) is 0 Å². The molecule has 1 heterocycles. The quantitative estimate of drug-likeness (QED) is 0.435. The van der Waals surface area contributed by atoms with Gasteiger partial charge in [0.15, 0.2) is 0 Å².